The Bertz CT molecular complexity index is 503. The van der Waals surface area contributed by atoms with E-state index in [0.29, 0.717) is 0 Å². The van der Waals surface area contributed by atoms with Crippen molar-refractivity contribution in [3.8, 4) is 5.88 Å². The molecule has 0 aliphatic carbocycles. The molecule has 0 aliphatic heterocycles. The van der Waals surface area contributed by atoms with Crippen LogP contribution < -0.4 is 4.74 Å². The molecule has 0 aromatic carbocycles. The second-order valence-electron chi connectivity index (χ2n) is 3.30. The van der Waals surface area contributed by atoms with Crippen LogP contribution in [0, 0.1) is 10.1 Å². The highest BCUT2D eigenvalue weighted by molar-refractivity contribution is 5.85. The van der Waals surface area contributed by atoms with Crippen molar-refractivity contribution in [2.75, 3.05) is 6.61 Å². The number of hydrogen-bond donors (Lipinski definition) is 1. The molecule has 104 valence electrons. The molecule has 0 saturated heterocycles. The minimum Gasteiger partial charge on any atom is -0.477 e. The lowest BCUT2D eigenvalue weighted by Gasteiger charge is -2.08. The highest BCUT2D eigenvalue weighted by Gasteiger charge is 2.28. The van der Waals surface area contributed by atoms with E-state index in [0.717, 1.165) is 12.1 Å². The maximum Gasteiger partial charge on any atom is 0.392 e. The first-order chi connectivity index (χ1) is 8.70. The van der Waals surface area contributed by atoms with Gasteiger partial charge in [0.2, 0.25) is 0 Å². The van der Waals surface area contributed by atoms with Gasteiger partial charge in [-0.2, -0.15) is 13.2 Å². The van der Waals surface area contributed by atoms with E-state index < -0.39 is 47.4 Å². The number of rotatable bonds is 5. The number of carboxylic acids is 1. The Labute approximate surface area is 103 Å². The van der Waals surface area contributed by atoms with Gasteiger partial charge in [0.15, 0.2) is 5.69 Å². The number of halogens is 3. The molecule has 10 heteroatoms. The lowest BCUT2D eigenvalue weighted by molar-refractivity contribution is -0.386. The van der Waals surface area contributed by atoms with Crippen LogP contribution in [0.5, 0.6) is 5.88 Å². The van der Waals surface area contributed by atoms with Crippen molar-refractivity contribution < 1.29 is 32.7 Å². The second kappa shape index (κ2) is 5.50. The SMILES string of the molecule is O=C(O)c1ccc([N+](=O)[O-])c(OCCC(F)(F)F)n1. The maximum atomic E-state index is 11.9. The predicted molar refractivity (Wildman–Crippen MR) is 54.0 cm³/mol. The number of pyridine rings is 1. The number of hydrogen-bond acceptors (Lipinski definition) is 5. The van der Waals surface area contributed by atoms with Crippen LogP contribution in [0.2, 0.25) is 0 Å². The average molecular weight is 280 g/mol. The number of aromatic carboxylic acids is 1. The van der Waals surface area contributed by atoms with Gasteiger partial charge in [-0.15, -0.1) is 0 Å². The molecule has 1 aromatic rings. The molecule has 7 nitrogen and oxygen atoms in total. The maximum absolute atomic E-state index is 11.9. The first-order valence-corrected chi connectivity index (χ1v) is 4.79. The van der Waals surface area contributed by atoms with Gasteiger partial charge in [-0.05, 0) is 6.07 Å². The fourth-order valence-electron chi connectivity index (χ4n) is 1.06. The first-order valence-electron chi connectivity index (χ1n) is 4.79. The zero-order chi connectivity index (χ0) is 14.6. The third-order valence-electron chi connectivity index (χ3n) is 1.88. The van der Waals surface area contributed by atoms with E-state index >= 15 is 0 Å². The molecule has 0 radical (unpaired) electrons. The van der Waals surface area contributed by atoms with Gasteiger partial charge in [0.25, 0.3) is 5.88 Å². The van der Waals surface area contributed by atoms with Crippen LogP contribution in [0.4, 0.5) is 18.9 Å². The normalized spacial score (nSPS) is 11.1. The molecule has 0 bridgehead atoms. The van der Waals surface area contributed by atoms with Crippen LogP contribution in [0.1, 0.15) is 16.9 Å². The molecule has 0 amide bonds. The molecule has 0 atom stereocenters. The van der Waals surface area contributed by atoms with Crippen LogP contribution in [0.3, 0.4) is 0 Å². The van der Waals surface area contributed by atoms with Crippen molar-refractivity contribution in [1.82, 2.24) is 4.98 Å². The Morgan fingerprint density at radius 1 is 1.47 bits per heavy atom. The first kappa shape index (κ1) is 14.7. The highest BCUT2D eigenvalue weighted by Crippen LogP contribution is 2.26. The van der Waals surface area contributed by atoms with E-state index in [4.69, 9.17) is 5.11 Å². The van der Waals surface area contributed by atoms with Gasteiger partial charge in [-0.1, -0.05) is 0 Å². The molecular formula is C9H7F3N2O5. The zero-order valence-electron chi connectivity index (χ0n) is 9.18. The molecule has 0 spiro atoms. The molecule has 19 heavy (non-hydrogen) atoms. The Balaban J connectivity index is 2.92. The van der Waals surface area contributed by atoms with Gasteiger partial charge < -0.3 is 9.84 Å². The van der Waals surface area contributed by atoms with Crippen molar-refractivity contribution in [1.29, 1.82) is 0 Å². The number of nitrogens with zero attached hydrogens (tertiary/aromatic N) is 2. The summed E-state index contributed by atoms with van der Waals surface area (Å²) in [5, 5.41) is 19.2. The topological polar surface area (TPSA) is 103 Å². The minimum atomic E-state index is -4.49. The standard InChI is InChI=1S/C9H7F3N2O5/c10-9(11,12)3-4-19-7-6(14(17)18)2-1-5(13-7)8(15)16/h1-2H,3-4H2,(H,15,16). The van der Waals surface area contributed by atoms with Crippen LogP contribution in [-0.2, 0) is 0 Å². The van der Waals surface area contributed by atoms with Crippen LogP contribution in [-0.4, -0.2) is 33.8 Å². The van der Waals surface area contributed by atoms with Crippen molar-refractivity contribution in [3.63, 3.8) is 0 Å². The monoisotopic (exact) mass is 280 g/mol. The third-order valence-corrected chi connectivity index (χ3v) is 1.88. The highest BCUT2D eigenvalue weighted by atomic mass is 19.4. The summed E-state index contributed by atoms with van der Waals surface area (Å²) in [6.07, 6.45) is -5.82. The van der Waals surface area contributed by atoms with E-state index in [2.05, 4.69) is 9.72 Å². The summed E-state index contributed by atoms with van der Waals surface area (Å²) in [6.45, 7) is -0.888. The predicted octanol–water partition coefficient (Wildman–Crippen LogP) is 2.02. The smallest absolute Gasteiger partial charge is 0.392 e. The molecule has 0 fully saturated rings. The van der Waals surface area contributed by atoms with E-state index in [1.165, 1.54) is 0 Å². The van der Waals surface area contributed by atoms with Crippen molar-refractivity contribution >= 4 is 11.7 Å². The van der Waals surface area contributed by atoms with Gasteiger partial charge in [-0.3, -0.25) is 10.1 Å². The molecule has 0 unspecified atom stereocenters. The number of aromatic nitrogens is 1. The van der Waals surface area contributed by atoms with Crippen molar-refractivity contribution in [3.05, 3.63) is 27.9 Å². The Morgan fingerprint density at radius 3 is 2.58 bits per heavy atom. The Morgan fingerprint density at radius 2 is 2.11 bits per heavy atom. The number of carbonyl (C=O) groups is 1. The quantitative estimate of drug-likeness (QED) is 0.653. The number of nitro groups is 1. The van der Waals surface area contributed by atoms with Crippen LogP contribution >= 0.6 is 0 Å². The largest absolute Gasteiger partial charge is 0.477 e. The van der Waals surface area contributed by atoms with Crippen molar-refractivity contribution in [2.24, 2.45) is 0 Å². The molecule has 0 aliphatic rings. The number of ether oxygens (including phenoxy) is 1. The fourth-order valence-corrected chi connectivity index (χ4v) is 1.06. The van der Waals surface area contributed by atoms with Crippen LogP contribution in [0.15, 0.2) is 12.1 Å². The summed E-state index contributed by atoms with van der Waals surface area (Å²) < 4.78 is 40.2. The molecule has 1 rings (SSSR count). The summed E-state index contributed by atoms with van der Waals surface area (Å²) >= 11 is 0. The van der Waals surface area contributed by atoms with E-state index in [9.17, 15) is 28.1 Å². The van der Waals surface area contributed by atoms with Gasteiger partial charge in [0.05, 0.1) is 18.0 Å². The Hall–Kier alpha value is -2.39. The Kier molecular flexibility index (Phi) is 4.25. The van der Waals surface area contributed by atoms with Gasteiger partial charge in [-0.25, -0.2) is 9.78 Å². The van der Waals surface area contributed by atoms with E-state index in [1.54, 1.807) is 0 Å². The third kappa shape index (κ3) is 4.41. The summed E-state index contributed by atoms with van der Waals surface area (Å²) in [7, 11) is 0. The minimum absolute atomic E-state index is 0.562. The summed E-state index contributed by atoms with van der Waals surface area (Å²) in [5.74, 6) is -2.23. The number of carboxylic acid groups (broad SMARTS) is 1. The lowest BCUT2D eigenvalue weighted by atomic mass is 10.3. The second-order valence-corrected chi connectivity index (χ2v) is 3.30. The summed E-state index contributed by atoms with van der Waals surface area (Å²) in [6, 6.07) is 1.66. The van der Waals surface area contributed by atoms with Crippen LogP contribution in [0.25, 0.3) is 0 Å². The van der Waals surface area contributed by atoms with Crippen molar-refractivity contribution in [2.45, 2.75) is 12.6 Å². The van der Waals surface area contributed by atoms with Gasteiger partial charge in [0.1, 0.15) is 0 Å². The summed E-state index contributed by atoms with van der Waals surface area (Å²) in [4.78, 5) is 23.5. The summed E-state index contributed by atoms with van der Waals surface area (Å²) in [5.41, 5.74) is -1.26. The zero-order valence-corrected chi connectivity index (χ0v) is 9.18. The lowest BCUT2D eigenvalue weighted by Crippen LogP contribution is -2.14. The van der Waals surface area contributed by atoms with E-state index in [-0.39, 0.29) is 0 Å². The average Bonchev–Trinajstić information content (AvgIpc) is 2.26. The molecule has 0 saturated carbocycles. The molecule has 1 N–H and O–H groups in total. The fraction of sp³-hybridized carbons (Fsp3) is 0.333. The van der Waals surface area contributed by atoms with E-state index in [1.807, 2.05) is 0 Å². The molecular weight excluding hydrogens is 273 g/mol. The van der Waals surface area contributed by atoms with Gasteiger partial charge in [0, 0.05) is 6.07 Å². The number of alkyl halides is 3. The molecule has 1 heterocycles. The van der Waals surface area contributed by atoms with Gasteiger partial charge >= 0.3 is 17.8 Å². The molecule has 1 aromatic heterocycles.